The van der Waals surface area contributed by atoms with Crippen LogP contribution in [0.25, 0.3) is 0 Å². The molecule has 0 aromatic heterocycles. The average molecular weight is 260 g/mol. The van der Waals surface area contributed by atoms with Crippen LogP contribution in [0.4, 0.5) is 4.79 Å². The first kappa shape index (κ1) is 13.9. The molecule has 1 saturated carbocycles. The van der Waals surface area contributed by atoms with Crippen molar-refractivity contribution in [3.05, 3.63) is 35.4 Å². The molecule has 104 valence electrons. The van der Waals surface area contributed by atoms with E-state index in [1.165, 1.54) is 36.8 Å². The number of carbonyl (C=O) groups is 1. The number of amides is 2. The summed E-state index contributed by atoms with van der Waals surface area (Å²) in [6.45, 7) is 3.61. The van der Waals surface area contributed by atoms with Gasteiger partial charge < -0.3 is 10.6 Å². The summed E-state index contributed by atoms with van der Waals surface area (Å²) in [4.78, 5) is 11.6. The van der Waals surface area contributed by atoms with E-state index in [2.05, 4.69) is 41.8 Å². The van der Waals surface area contributed by atoms with Gasteiger partial charge in [0.2, 0.25) is 0 Å². The van der Waals surface area contributed by atoms with Gasteiger partial charge in [0.05, 0.1) is 0 Å². The van der Waals surface area contributed by atoms with Crippen LogP contribution in [0, 0.1) is 12.8 Å². The van der Waals surface area contributed by atoms with E-state index in [-0.39, 0.29) is 6.03 Å². The van der Waals surface area contributed by atoms with Crippen LogP contribution in [0.1, 0.15) is 36.8 Å². The lowest BCUT2D eigenvalue weighted by molar-refractivity contribution is 0.239. The summed E-state index contributed by atoms with van der Waals surface area (Å²) in [5.41, 5.74) is 2.54. The van der Waals surface area contributed by atoms with E-state index in [9.17, 15) is 4.79 Å². The van der Waals surface area contributed by atoms with E-state index < -0.39 is 0 Å². The Bertz CT molecular complexity index is 411. The number of urea groups is 1. The smallest absolute Gasteiger partial charge is 0.314 e. The Morgan fingerprint density at radius 3 is 2.79 bits per heavy atom. The van der Waals surface area contributed by atoms with Gasteiger partial charge in [0.15, 0.2) is 0 Å². The van der Waals surface area contributed by atoms with E-state index in [4.69, 9.17) is 0 Å². The SMILES string of the molecule is Cc1cccc(CCNC(=O)NCC2CCCC2)c1. The molecular formula is C16H24N2O. The average Bonchev–Trinajstić information content (AvgIpc) is 2.89. The van der Waals surface area contributed by atoms with Gasteiger partial charge in [-0.2, -0.15) is 0 Å². The summed E-state index contributed by atoms with van der Waals surface area (Å²) >= 11 is 0. The maximum absolute atomic E-state index is 11.6. The first-order valence-corrected chi connectivity index (χ1v) is 7.31. The topological polar surface area (TPSA) is 41.1 Å². The van der Waals surface area contributed by atoms with E-state index in [0.717, 1.165) is 13.0 Å². The second kappa shape index (κ2) is 7.17. The molecule has 3 heteroatoms. The second-order valence-corrected chi connectivity index (χ2v) is 5.53. The van der Waals surface area contributed by atoms with Gasteiger partial charge in [0.25, 0.3) is 0 Å². The Labute approximate surface area is 115 Å². The monoisotopic (exact) mass is 260 g/mol. The van der Waals surface area contributed by atoms with Crippen LogP contribution in [-0.2, 0) is 6.42 Å². The standard InChI is InChI=1S/C16H24N2O/c1-13-5-4-8-14(11-13)9-10-17-16(19)18-12-15-6-2-3-7-15/h4-5,8,11,15H,2-3,6-7,9-10,12H2,1H3,(H2,17,18,19). The number of rotatable bonds is 5. The van der Waals surface area contributed by atoms with E-state index in [1.807, 2.05) is 0 Å². The van der Waals surface area contributed by atoms with Crippen molar-refractivity contribution < 1.29 is 4.79 Å². The van der Waals surface area contributed by atoms with Crippen LogP contribution >= 0.6 is 0 Å². The molecule has 0 spiro atoms. The summed E-state index contributed by atoms with van der Waals surface area (Å²) in [5, 5.41) is 5.90. The first-order chi connectivity index (χ1) is 9.24. The van der Waals surface area contributed by atoms with Crippen LogP contribution < -0.4 is 10.6 Å². The molecule has 1 aliphatic carbocycles. The minimum Gasteiger partial charge on any atom is -0.338 e. The molecule has 1 aromatic carbocycles. The quantitative estimate of drug-likeness (QED) is 0.839. The molecule has 0 bridgehead atoms. The van der Waals surface area contributed by atoms with Gasteiger partial charge in [-0.25, -0.2) is 4.79 Å². The summed E-state index contributed by atoms with van der Waals surface area (Å²) in [6, 6.07) is 8.39. The Morgan fingerprint density at radius 2 is 2.05 bits per heavy atom. The Morgan fingerprint density at radius 1 is 1.26 bits per heavy atom. The number of hydrogen-bond donors (Lipinski definition) is 2. The highest BCUT2D eigenvalue weighted by Gasteiger charge is 2.15. The summed E-state index contributed by atoms with van der Waals surface area (Å²) in [7, 11) is 0. The maximum atomic E-state index is 11.6. The van der Waals surface area contributed by atoms with Crippen molar-refractivity contribution in [3.8, 4) is 0 Å². The lowest BCUT2D eigenvalue weighted by Crippen LogP contribution is -2.38. The van der Waals surface area contributed by atoms with Crippen LogP contribution in [-0.4, -0.2) is 19.1 Å². The minimum absolute atomic E-state index is 0.0282. The van der Waals surface area contributed by atoms with Crippen molar-refractivity contribution >= 4 is 6.03 Å². The molecule has 2 N–H and O–H groups in total. The molecule has 1 aliphatic rings. The van der Waals surface area contributed by atoms with E-state index in [1.54, 1.807) is 0 Å². The molecule has 2 rings (SSSR count). The molecule has 3 nitrogen and oxygen atoms in total. The molecule has 0 saturated heterocycles. The molecule has 19 heavy (non-hydrogen) atoms. The predicted molar refractivity (Wildman–Crippen MR) is 78.2 cm³/mol. The highest BCUT2D eigenvalue weighted by molar-refractivity contribution is 5.73. The highest BCUT2D eigenvalue weighted by atomic mass is 16.2. The fourth-order valence-electron chi connectivity index (χ4n) is 2.70. The number of nitrogens with one attached hydrogen (secondary N) is 2. The normalized spacial score (nSPS) is 15.4. The minimum atomic E-state index is -0.0282. The Balaban J connectivity index is 1.60. The van der Waals surface area contributed by atoms with Gasteiger partial charge in [-0.1, -0.05) is 42.7 Å². The zero-order chi connectivity index (χ0) is 13.5. The van der Waals surface area contributed by atoms with Gasteiger partial charge in [-0.3, -0.25) is 0 Å². The highest BCUT2D eigenvalue weighted by Crippen LogP contribution is 2.23. The first-order valence-electron chi connectivity index (χ1n) is 7.31. The third-order valence-corrected chi connectivity index (χ3v) is 3.81. The molecular weight excluding hydrogens is 236 g/mol. The second-order valence-electron chi connectivity index (χ2n) is 5.53. The van der Waals surface area contributed by atoms with Gasteiger partial charge >= 0.3 is 6.03 Å². The van der Waals surface area contributed by atoms with Gasteiger partial charge in [-0.15, -0.1) is 0 Å². The molecule has 1 fully saturated rings. The zero-order valence-corrected chi connectivity index (χ0v) is 11.7. The van der Waals surface area contributed by atoms with E-state index >= 15 is 0 Å². The van der Waals surface area contributed by atoms with Crippen LogP contribution in [0.3, 0.4) is 0 Å². The van der Waals surface area contributed by atoms with E-state index in [0.29, 0.717) is 12.5 Å². The number of carbonyl (C=O) groups excluding carboxylic acids is 1. The molecule has 0 heterocycles. The maximum Gasteiger partial charge on any atom is 0.314 e. The van der Waals surface area contributed by atoms with Crippen LogP contribution in [0.15, 0.2) is 24.3 Å². The van der Waals surface area contributed by atoms with Crippen molar-refractivity contribution in [2.24, 2.45) is 5.92 Å². The molecule has 0 aliphatic heterocycles. The summed E-state index contributed by atoms with van der Waals surface area (Å²) < 4.78 is 0. The number of benzene rings is 1. The zero-order valence-electron chi connectivity index (χ0n) is 11.7. The number of hydrogen-bond acceptors (Lipinski definition) is 1. The largest absolute Gasteiger partial charge is 0.338 e. The fraction of sp³-hybridized carbons (Fsp3) is 0.562. The van der Waals surface area contributed by atoms with Crippen LogP contribution in [0.2, 0.25) is 0 Å². The fourth-order valence-corrected chi connectivity index (χ4v) is 2.70. The van der Waals surface area contributed by atoms with Crippen LogP contribution in [0.5, 0.6) is 0 Å². The molecule has 2 amide bonds. The van der Waals surface area contributed by atoms with Gasteiger partial charge in [-0.05, 0) is 37.7 Å². The van der Waals surface area contributed by atoms with Crippen molar-refractivity contribution in [1.29, 1.82) is 0 Å². The van der Waals surface area contributed by atoms with Gasteiger partial charge in [0, 0.05) is 13.1 Å². The Kier molecular flexibility index (Phi) is 5.25. The summed E-state index contributed by atoms with van der Waals surface area (Å²) in [5.74, 6) is 0.697. The predicted octanol–water partition coefficient (Wildman–Crippen LogP) is 3.03. The molecule has 0 unspecified atom stereocenters. The van der Waals surface area contributed by atoms with Crippen molar-refractivity contribution in [1.82, 2.24) is 10.6 Å². The lowest BCUT2D eigenvalue weighted by atomic mass is 10.1. The molecule has 0 radical (unpaired) electrons. The van der Waals surface area contributed by atoms with Gasteiger partial charge in [0.1, 0.15) is 0 Å². The Hall–Kier alpha value is -1.51. The molecule has 0 atom stereocenters. The summed E-state index contributed by atoms with van der Waals surface area (Å²) in [6.07, 6.45) is 6.06. The number of aryl methyl sites for hydroxylation is 1. The lowest BCUT2D eigenvalue weighted by Gasteiger charge is -2.11. The molecule has 1 aromatic rings. The third-order valence-electron chi connectivity index (χ3n) is 3.81. The van der Waals surface area contributed by atoms with Crippen molar-refractivity contribution in [2.45, 2.75) is 39.0 Å². The van der Waals surface area contributed by atoms with Crippen molar-refractivity contribution in [2.75, 3.05) is 13.1 Å². The van der Waals surface area contributed by atoms with Crippen molar-refractivity contribution in [3.63, 3.8) is 0 Å². The third kappa shape index (κ3) is 4.93.